The van der Waals surface area contributed by atoms with Gasteiger partial charge in [-0.3, -0.25) is 4.79 Å². The Kier molecular flexibility index (Phi) is 6.89. The van der Waals surface area contributed by atoms with Crippen LogP contribution < -0.4 is 10.1 Å². The summed E-state index contributed by atoms with van der Waals surface area (Å²) in [5.74, 6) is 1.29. The monoisotopic (exact) mass is 444 g/mol. The van der Waals surface area contributed by atoms with E-state index in [-0.39, 0.29) is 10.8 Å². The molecule has 1 heterocycles. The number of hydrogen-bond donors (Lipinski definition) is 1. The van der Waals surface area contributed by atoms with Gasteiger partial charge in [-0.05, 0) is 49.1 Å². The molecule has 0 atom stereocenters. The van der Waals surface area contributed by atoms with Crippen LogP contribution in [0.25, 0.3) is 0 Å². The summed E-state index contributed by atoms with van der Waals surface area (Å²) in [5.41, 5.74) is 0.362. The maximum atomic E-state index is 13.1. The summed E-state index contributed by atoms with van der Waals surface area (Å²) >= 11 is 0. The second-order valence-corrected chi connectivity index (χ2v) is 9.93. The normalized spacial score (nSPS) is 18.1. The average molecular weight is 445 g/mol. The van der Waals surface area contributed by atoms with Crippen molar-refractivity contribution in [2.45, 2.75) is 37.0 Å². The summed E-state index contributed by atoms with van der Waals surface area (Å²) in [4.78, 5) is 12.8. The van der Waals surface area contributed by atoms with Crippen molar-refractivity contribution in [1.82, 2.24) is 4.31 Å². The van der Waals surface area contributed by atoms with Crippen LogP contribution in [-0.4, -0.2) is 44.9 Å². The lowest BCUT2D eigenvalue weighted by molar-refractivity contribution is -0.117. The van der Waals surface area contributed by atoms with E-state index in [1.54, 1.807) is 6.07 Å². The van der Waals surface area contributed by atoms with Gasteiger partial charge in [-0.15, -0.1) is 0 Å². The first-order valence-corrected chi connectivity index (χ1v) is 12.2. The van der Waals surface area contributed by atoms with Gasteiger partial charge in [0.15, 0.2) is 5.75 Å². The quantitative estimate of drug-likeness (QED) is 0.697. The van der Waals surface area contributed by atoms with E-state index in [0.717, 1.165) is 25.7 Å². The number of hydrogen-bond acceptors (Lipinski definition) is 5. The minimum atomic E-state index is -3.69. The zero-order valence-electron chi connectivity index (χ0n) is 17.5. The molecular weight excluding hydrogens is 416 g/mol. The summed E-state index contributed by atoms with van der Waals surface area (Å²) in [5, 5.41) is 2.90. The molecule has 1 N–H and O–H groups in total. The molecule has 1 saturated carbocycles. The number of anilines is 1. The van der Waals surface area contributed by atoms with Crippen LogP contribution >= 0.6 is 0 Å². The molecule has 1 saturated heterocycles. The lowest BCUT2D eigenvalue weighted by atomic mass is 10.0. The molecule has 0 aromatic heterocycles. The standard InChI is InChI=1S/C23H28N2O5S/c26-23(16-18-6-4-5-7-18)24-21-17-20(31(27,28)25-12-14-29-15-13-25)10-11-22(21)30-19-8-2-1-3-9-19/h1-3,8-11,17-18H,4-7,12-16H2,(H,24,26). The predicted molar refractivity (Wildman–Crippen MR) is 118 cm³/mol. The number of nitrogens with zero attached hydrogens (tertiary/aromatic N) is 1. The Morgan fingerprint density at radius 1 is 1.06 bits per heavy atom. The fourth-order valence-corrected chi connectivity index (χ4v) is 5.52. The number of benzene rings is 2. The van der Waals surface area contributed by atoms with Crippen molar-refractivity contribution in [3.63, 3.8) is 0 Å². The summed E-state index contributed by atoms with van der Waals surface area (Å²) in [6.07, 6.45) is 4.88. The first-order chi connectivity index (χ1) is 15.0. The van der Waals surface area contributed by atoms with Crippen LogP contribution in [-0.2, 0) is 19.6 Å². The fraction of sp³-hybridized carbons (Fsp3) is 0.435. The predicted octanol–water partition coefficient (Wildman–Crippen LogP) is 4.02. The van der Waals surface area contributed by atoms with Crippen molar-refractivity contribution >= 4 is 21.6 Å². The van der Waals surface area contributed by atoms with Crippen LogP contribution in [0.3, 0.4) is 0 Å². The van der Waals surface area contributed by atoms with Gasteiger partial charge in [0.2, 0.25) is 15.9 Å². The molecule has 0 radical (unpaired) electrons. The fourth-order valence-electron chi connectivity index (χ4n) is 4.09. The molecule has 8 heteroatoms. The van der Waals surface area contributed by atoms with Crippen molar-refractivity contribution in [2.24, 2.45) is 5.92 Å². The smallest absolute Gasteiger partial charge is 0.243 e. The number of carbonyl (C=O) groups is 1. The van der Waals surface area contributed by atoms with Gasteiger partial charge in [0.05, 0.1) is 23.8 Å². The SMILES string of the molecule is O=C(CC1CCCC1)Nc1cc(S(=O)(=O)N2CCOCC2)ccc1Oc1ccccc1. The van der Waals surface area contributed by atoms with Crippen LogP contribution in [0.15, 0.2) is 53.4 Å². The first kappa shape index (κ1) is 21.8. The highest BCUT2D eigenvalue weighted by Crippen LogP contribution is 2.34. The van der Waals surface area contributed by atoms with E-state index in [1.807, 2.05) is 30.3 Å². The molecule has 1 amide bonds. The minimum Gasteiger partial charge on any atom is -0.455 e. The van der Waals surface area contributed by atoms with E-state index in [1.165, 1.54) is 16.4 Å². The number of carbonyl (C=O) groups excluding carboxylic acids is 1. The van der Waals surface area contributed by atoms with Gasteiger partial charge < -0.3 is 14.8 Å². The minimum absolute atomic E-state index is 0.120. The van der Waals surface area contributed by atoms with Crippen LogP contribution in [0.4, 0.5) is 5.69 Å². The molecule has 7 nitrogen and oxygen atoms in total. The average Bonchev–Trinajstić information content (AvgIpc) is 3.29. The maximum Gasteiger partial charge on any atom is 0.243 e. The number of rotatable bonds is 7. The Labute approximate surface area is 183 Å². The Bertz CT molecular complexity index is 998. The third-order valence-electron chi connectivity index (χ3n) is 5.75. The summed E-state index contributed by atoms with van der Waals surface area (Å²) in [6, 6.07) is 13.8. The topological polar surface area (TPSA) is 84.9 Å². The molecule has 2 aromatic rings. The van der Waals surface area contributed by atoms with E-state index in [9.17, 15) is 13.2 Å². The molecule has 4 rings (SSSR count). The molecule has 31 heavy (non-hydrogen) atoms. The Hall–Kier alpha value is -2.42. The second kappa shape index (κ2) is 9.80. The number of amides is 1. The number of nitrogens with one attached hydrogen (secondary N) is 1. The highest BCUT2D eigenvalue weighted by atomic mass is 32.2. The maximum absolute atomic E-state index is 13.1. The molecule has 1 aliphatic carbocycles. The molecule has 0 spiro atoms. The largest absolute Gasteiger partial charge is 0.455 e. The van der Waals surface area contributed by atoms with Gasteiger partial charge in [0, 0.05) is 19.5 Å². The van der Waals surface area contributed by atoms with Gasteiger partial charge in [0.1, 0.15) is 5.75 Å². The molecule has 166 valence electrons. The van der Waals surface area contributed by atoms with Crippen LogP contribution in [0.2, 0.25) is 0 Å². The first-order valence-electron chi connectivity index (χ1n) is 10.8. The van der Waals surface area contributed by atoms with E-state index < -0.39 is 10.0 Å². The van der Waals surface area contributed by atoms with E-state index in [4.69, 9.17) is 9.47 Å². The van der Waals surface area contributed by atoms with E-state index in [2.05, 4.69) is 5.32 Å². The van der Waals surface area contributed by atoms with Crippen molar-refractivity contribution < 1.29 is 22.7 Å². The lowest BCUT2D eigenvalue weighted by Crippen LogP contribution is -2.40. The molecule has 2 fully saturated rings. The number of morpholine rings is 1. The van der Waals surface area contributed by atoms with E-state index in [0.29, 0.717) is 55.8 Å². The number of para-hydroxylation sites is 1. The molecular formula is C23H28N2O5S. The van der Waals surface area contributed by atoms with Crippen molar-refractivity contribution in [3.8, 4) is 11.5 Å². The molecule has 1 aliphatic heterocycles. The van der Waals surface area contributed by atoms with Gasteiger partial charge in [-0.25, -0.2) is 8.42 Å². The Balaban J connectivity index is 1.60. The van der Waals surface area contributed by atoms with Crippen LogP contribution in [0.1, 0.15) is 32.1 Å². The van der Waals surface area contributed by atoms with Gasteiger partial charge in [0.25, 0.3) is 0 Å². The zero-order valence-corrected chi connectivity index (χ0v) is 18.3. The number of ether oxygens (including phenoxy) is 2. The van der Waals surface area contributed by atoms with E-state index >= 15 is 0 Å². The Morgan fingerprint density at radius 2 is 1.77 bits per heavy atom. The summed E-state index contributed by atoms with van der Waals surface area (Å²) in [7, 11) is -3.69. The van der Waals surface area contributed by atoms with Gasteiger partial charge in [-0.1, -0.05) is 31.0 Å². The lowest BCUT2D eigenvalue weighted by Gasteiger charge is -2.26. The van der Waals surface area contributed by atoms with Gasteiger partial charge in [-0.2, -0.15) is 4.31 Å². The van der Waals surface area contributed by atoms with Crippen LogP contribution in [0, 0.1) is 5.92 Å². The highest BCUT2D eigenvalue weighted by molar-refractivity contribution is 7.89. The highest BCUT2D eigenvalue weighted by Gasteiger charge is 2.28. The molecule has 2 aromatic carbocycles. The van der Waals surface area contributed by atoms with Crippen LogP contribution in [0.5, 0.6) is 11.5 Å². The summed E-state index contributed by atoms with van der Waals surface area (Å²) < 4.78 is 38.8. The van der Waals surface area contributed by atoms with Crippen molar-refractivity contribution in [3.05, 3.63) is 48.5 Å². The Morgan fingerprint density at radius 3 is 2.48 bits per heavy atom. The third-order valence-corrected chi connectivity index (χ3v) is 7.65. The van der Waals surface area contributed by atoms with Crippen molar-refractivity contribution in [1.29, 1.82) is 0 Å². The molecule has 0 bridgehead atoms. The number of sulfonamides is 1. The molecule has 2 aliphatic rings. The van der Waals surface area contributed by atoms with Crippen molar-refractivity contribution in [2.75, 3.05) is 31.6 Å². The second-order valence-electron chi connectivity index (χ2n) is 7.99. The van der Waals surface area contributed by atoms with Gasteiger partial charge >= 0.3 is 0 Å². The zero-order chi connectivity index (χ0) is 21.7. The third kappa shape index (κ3) is 5.44. The molecule has 0 unspecified atom stereocenters. The summed E-state index contributed by atoms with van der Waals surface area (Å²) in [6.45, 7) is 1.38.